The maximum absolute atomic E-state index is 12.5. The topological polar surface area (TPSA) is 75.7 Å². The van der Waals surface area contributed by atoms with Crippen molar-refractivity contribution in [2.45, 2.75) is 37.6 Å². The Balaban J connectivity index is 2.17. The molecule has 1 unspecified atom stereocenters. The molecule has 1 fully saturated rings. The lowest BCUT2D eigenvalue weighted by Crippen LogP contribution is -2.40. The van der Waals surface area contributed by atoms with Gasteiger partial charge in [-0.25, -0.2) is 8.42 Å². The molecular weight excluding hydrogens is 328 g/mol. The van der Waals surface area contributed by atoms with E-state index in [4.69, 9.17) is 4.74 Å². The minimum atomic E-state index is -3.37. The van der Waals surface area contributed by atoms with E-state index in [9.17, 15) is 13.2 Å². The van der Waals surface area contributed by atoms with Gasteiger partial charge >= 0.3 is 0 Å². The summed E-state index contributed by atoms with van der Waals surface area (Å²) in [7, 11) is -1.90. The van der Waals surface area contributed by atoms with E-state index < -0.39 is 9.84 Å². The van der Waals surface area contributed by atoms with Gasteiger partial charge in [0.1, 0.15) is 5.75 Å². The summed E-state index contributed by atoms with van der Waals surface area (Å²) in [6.45, 7) is 6.28. The monoisotopic (exact) mass is 354 g/mol. The van der Waals surface area contributed by atoms with Gasteiger partial charge in [-0.15, -0.1) is 0 Å². The largest absolute Gasteiger partial charge is 0.496 e. The summed E-state index contributed by atoms with van der Waals surface area (Å²) in [5, 5.41) is 2.92. The lowest BCUT2D eigenvalue weighted by atomic mass is 10.1. The summed E-state index contributed by atoms with van der Waals surface area (Å²) >= 11 is 0. The molecule has 0 radical (unpaired) electrons. The number of methoxy groups -OCH3 is 1. The first kappa shape index (κ1) is 18.7. The SMILES string of the molecule is CCN1CCCC1CNC(=O)c1cc(S(=O)(=O)CC)ccc1OC. The van der Waals surface area contributed by atoms with Gasteiger partial charge in [0.2, 0.25) is 0 Å². The highest BCUT2D eigenvalue weighted by molar-refractivity contribution is 7.91. The second-order valence-corrected chi connectivity index (χ2v) is 8.18. The Morgan fingerprint density at radius 1 is 1.38 bits per heavy atom. The number of carbonyl (C=O) groups excluding carboxylic acids is 1. The summed E-state index contributed by atoms with van der Waals surface area (Å²) in [6.07, 6.45) is 2.21. The van der Waals surface area contributed by atoms with Gasteiger partial charge in [-0.3, -0.25) is 9.69 Å². The molecule has 0 bridgehead atoms. The third-order valence-electron chi connectivity index (χ3n) is 4.56. The Hall–Kier alpha value is -1.60. The van der Waals surface area contributed by atoms with Crippen molar-refractivity contribution >= 4 is 15.7 Å². The lowest BCUT2D eigenvalue weighted by molar-refractivity contribution is 0.0938. The van der Waals surface area contributed by atoms with E-state index in [-0.39, 0.29) is 22.1 Å². The Morgan fingerprint density at radius 2 is 2.12 bits per heavy atom. The van der Waals surface area contributed by atoms with E-state index >= 15 is 0 Å². The van der Waals surface area contributed by atoms with Gasteiger partial charge < -0.3 is 10.1 Å². The molecule has 1 amide bonds. The van der Waals surface area contributed by atoms with Gasteiger partial charge in [0.25, 0.3) is 5.91 Å². The molecule has 1 aliphatic heterocycles. The van der Waals surface area contributed by atoms with E-state index in [0.29, 0.717) is 18.3 Å². The number of nitrogens with zero attached hydrogens (tertiary/aromatic N) is 1. The van der Waals surface area contributed by atoms with Gasteiger partial charge in [-0.1, -0.05) is 13.8 Å². The molecule has 0 aromatic heterocycles. The van der Waals surface area contributed by atoms with Gasteiger partial charge in [0.15, 0.2) is 9.84 Å². The summed E-state index contributed by atoms with van der Waals surface area (Å²) in [4.78, 5) is 15.0. The summed E-state index contributed by atoms with van der Waals surface area (Å²) in [5.74, 6) is 0.0674. The number of nitrogens with one attached hydrogen (secondary N) is 1. The van der Waals surface area contributed by atoms with E-state index in [1.165, 1.54) is 25.3 Å². The molecule has 2 rings (SSSR count). The van der Waals surface area contributed by atoms with Crippen LogP contribution in [0.1, 0.15) is 37.0 Å². The van der Waals surface area contributed by atoms with Crippen molar-refractivity contribution in [3.63, 3.8) is 0 Å². The molecule has 1 aromatic carbocycles. The minimum Gasteiger partial charge on any atom is -0.496 e. The summed E-state index contributed by atoms with van der Waals surface area (Å²) in [6, 6.07) is 4.75. The van der Waals surface area contributed by atoms with Crippen LogP contribution in [0.3, 0.4) is 0 Å². The molecule has 6 nitrogen and oxygen atoms in total. The predicted octanol–water partition coefficient (Wildman–Crippen LogP) is 1.70. The van der Waals surface area contributed by atoms with E-state index in [1.807, 2.05) is 0 Å². The number of hydrogen-bond donors (Lipinski definition) is 1. The van der Waals surface area contributed by atoms with Gasteiger partial charge in [0.05, 0.1) is 23.3 Å². The first-order valence-electron chi connectivity index (χ1n) is 8.36. The number of ether oxygens (including phenoxy) is 1. The Kier molecular flexibility index (Phi) is 6.23. The highest BCUT2D eigenvalue weighted by Crippen LogP contribution is 2.23. The van der Waals surface area contributed by atoms with Crippen molar-refractivity contribution in [2.75, 3.05) is 32.5 Å². The zero-order valence-electron chi connectivity index (χ0n) is 14.5. The Bertz CT molecular complexity index is 688. The molecule has 1 saturated heterocycles. The molecule has 1 atom stereocenters. The Labute approximate surface area is 144 Å². The van der Waals surface area contributed by atoms with Crippen LogP contribution >= 0.6 is 0 Å². The third kappa shape index (κ3) is 4.08. The molecule has 1 aliphatic rings. The first-order chi connectivity index (χ1) is 11.4. The third-order valence-corrected chi connectivity index (χ3v) is 6.29. The fraction of sp³-hybridized carbons (Fsp3) is 0.588. The smallest absolute Gasteiger partial charge is 0.255 e. The molecule has 1 heterocycles. The van der Waals surface area contributed by atoms with Crippen molar-refractivity contribution in [2.24, 2.45) is 0 Å². The van der Waals surface area contributed by atoms with Crippen molar-refractivity contribution < 1.29 is 17.9 Å². The number of likely N-dealkylation sites (tertiary alicyclic amines) is 1. The van der Waals surface area contributed by atoms with Crippen molar-refractivity contribution in [1.29, 1.82) is 0 Å². The number of likely N-dealkylation sites (N-methyl/N-ethyl adjacent to an activating group) is 1. The summed E-state index contributed by atoms with van der Waals surface area (Å²) in [5.41, 5.74) is 0.257. The quantitative estimate of drug-likeness (QED) is 0.807. The van der Waals surface area contributed by atoms with Crippen LogP contribution in [-0.4, -0.2) is 57.8 Å². The standard InChI is InChI=1S/C17H26N2O4S/c1-4-19-10-6-7-13(19)12-18-17(20)15-11-14(24(21,22)5-2)8-9-16(15)23-3/h8-9,11,13H,4-7,10,12H2,1-3H3,(H,18,20). The van der Waals surface area contributed by atoms with Crippen molar-refractivity contribution in [3.8, 4) is 5.75 Å². The van der Waals surface area contributed by atoms with Gasteiger partial charge in [-0.2, -0.15) is 0 Å². The molecule has 0 spiro atoms. The second kappa shape index (κ2) is 7.98. The number of rotatable bonds is 7. The fourth-order valence-corrected chi connectivity index (χ4v) is 3.98. The normalized spacial score (nSPS) is 18.5. The molecule has 134 valence electrons. The zero-order chi connectivity index (χ0) is 17.7. The summed E-state index contributed by atoms with van der Waals surface area (Å²) < 4.78 is 29.3. The zero-order valence-corrected chi connectivity index (χ0v) is 15.4. The van der Waals surface area contributed by atoms with Crippen LogP contribution in [0, 0.1) is 0 Å². The van der Waals surface area contributed by atoms with Crippen LogP contribution < -0.4 is 10.1 Å². The van der Waals surface area contributed by atoms with E-state index in [1.54, 1.807) is 6.92 Å². The molecule has 0 aliphatic carbocycles. The number of amides is 1. The highest BCUT2D eigenvalue weighted by Gasteiger charge is 2.24. The minimum absolute atomic E-state index is 0.00603. The second-order valence-electron chi connectivity index (χ2n) is 5.90. The Morgan fingerprint density at radius 3 is 2.75 bits per heavy atom. The van der Waals surface area contributed by atoms with E-state index in [0.717, 1.165) is 25.9 Å². The molecule has 7 heteroatoms. The highest BCUT2D eigenvalue weighted by atomic mass is 32.2. The number of benzene rings is 1. The lowest BCUT2D eigenvalue weighted by Gasteiger charge is -2.23. The van der Waals surface area contributed by atoms with Crippen LogP contribution in [0.5, 0.6) is 5.75 Å². The van der Waals surface area contributed by atoms with Crippen molar-refractivity contribution in [3.05, 3.63) is 23.8 Å². The van der Waals surface area contributed by atoms with Gasteiger partial charge in [-0.05, 0) is 44.1 Å². The number of hydrogen-bond acceptors (Lipinski definition) is 5. The molecule has 24 heavy (non-hydrogen) atoms. The van der Waals surface area contributed by atoms with Crippen LogP contribution in [-0.2, 0) is 9.84 Å². The number of carbonyl (C=O) groups is 1. The van der Waals surface area contributed by atoms with Crippen LogP contribution in [0.2, 0.25) is 0 Å². The van der Waals surface area contributed by atoms with Crippen molar-refractivity contribution in [1.82, 2.24) is 10.2 Å². The predicted molar refractivity (Wildman–Crippen MR) is 93.3 cm³/mol. The van der Waals surface area contributed by atoms with E-state index in [2.05, 4.69) is 17.1 Å². The van der Waals surface area contributed by atoms with Crippen LogP contribution in [0.15, 0.2) is 23.1 Å². The molecule has 1 N–H and O–H groups in total. The average molecular weight is 354 g/mol. The average Bonchev–Trinajstić information content (AvgIpc) is 3.06. The molecule has 1 aromatic rings. The number of sulfone groups is 1. The maximum atomic E-state index is 12.5. The fourth-order valence-electron chi connectivity index (χ4n) is 3.07. The first-order valence-corrected chi connectivity index (χ1v) is 10.0. The molecule has 0 saturated carbocycles. The van der Waals surface area contributed by atoms with Crippen LogP contribution in [0.25, 0.3) is 0 Å². The van der Waals surface area contributed by atoms with Crippen LogP contribution in [0.4, 0.5) is 0 Å². The molecular formula is C17H26N2O4S. The van der Waals surface area contributed by atoms with Gasteiger partial charge in [0, 0.05) is 12.6 Å². The maximum Gasteiger partial charge on any atom is 0.255 e.